The van der Waals surface area contributed by atoms with Crippen molar-refractivity contribution in [1.29, 1.82) is 0 Å². The minimum absolute atomic E-state index is 0.0940. The maximum absolute atomic E-state index is 5.66. The van der Waals surface area contributed by atoms with Gasteiger partial charge in [0, 0.05) is 13.2 Å². The van der Waals surface area contributed by atoms with Gasteiger partial charge in [-0.05, 0) is 25.7 Å². The zero-order valence-electron chi connectivity index (χ0n) is 13.0. The van der Waals surface area contributed by atoms with Crippen LogP contribution in [0.15, 0.2) is 0 Å². The van der Waals surface area contributed by atoms with Gasteiger partial charge in [0.05, 0.1) is 0 Å². The first-order valence-electron chi connectivity index (χ1n) is 8.66. The molecular formula is C17H34O2. The molecule has 0 saturated carbocycles. The van der Waals surface area contributed by atoms with Crippen molar-refractivity contribution < 1.29 is 9.47 Å². The van der Waals surface area contributed by atoms with E-state index in [2.05, 4.69) is 6.92 Å². The van der Waals surface area contributed by atoms with Gasteiger partial charge in [-0.2, -0.15) is 0 Å². The molecule has 1 aliphatic rings. The molecule has 1 rings (SSSR count). The van der Waals surface area contributed by atoms with Crippen molar-refractivity contribution >= 4 is 0 Å². The fourth-order valence-corrected chi connectivity index (χ4v) is 2.65. The van der Waals surface area contributed by atoms with Crippen LogP contribution in [0.2, 0.25) is 0 Å². The van der Waals surface area contributed by atoms with Crippen LogP contribution in [0.3, 0.4) is 0 Å². The Balaban J connectivity index is 1.78. The van der Waals surface area contributed by atoms with Gasteiger partial charge in [0.2, 0.25) is 0 Å². The molecule has 0 aromatic carbocycles. The molecule has 0 atom stereocenters. The van der Waals surface area contributed by atoms with Crippen molar-refractivity contribution in [3.63, 3.8) is 0 Å². The van der Waals surface area contributed by atoms with E-state index < -0.39 is 0 Å². The van der Waals surface area contributed by atoms with E-state index in [1.807, 2.05) is 0 Å². The van der Waals surface area contributed by atoms with Gasteiger partial charge in [0.1, 0.15) is 0 Å². The molecule has 1 aliphatic heterocycles. The molecule has 0 spiro atoms. The van der Waals surface area contributed by atoms with Gasteiger partial charge in [-0.3, -0.25) is 0 Å². The lowest BCUT2D eigenvalue weighted by Gasteiger charge is -2.14. The molecule has 1 saturated heterocycles. The van der Waals surface area contributed by atoms with Crippen molar-refractivity contribution in [2.45, 2.75) is 96.7 Å². The average molecular weight is 270 g/mol. The van der Waals surface area contributed by atoms with Crippen LogP contribution >= 0.6 is 0 Å². The molecule has 19 heavy (non-hydrogen) atoms. The summed E-state index contributed by atoms with van der Waals surface area (Å²) in [5.74, 6) is 0. The van der Waals surface area contributed by atoms with E-state index in [-0.39, 0.29) is 6.29 Å². The second-order valence-corrected chi connectivity index (χ2v) is 5.85. The summed E-state index contributed by atoms with van der Waals surface area (Å²) in [5.41, 5.74) is 0. The second-order valence-electron chi connectivity index (χ2n) is 5.85. The highest BCUT2D eigenvalue weighted by atomic mass is 16.7. The maximum atomic E-state index is 5.66. The quantitative estimate of drug-likeness (QED) is 0.465. The Kier molecular flexibility index (Phi) is 11.5. The van der Waals surface area contributed by atoms with Crippen molar-refractivity contribution in [1.82, 2.24) is 0 Å². The van der Waals surface area contributed by atoms with Crippen molar-refractivity contribution in [3.8, 4) is 0 Å². The Morgan fingerprint density at radius 2 is 1.16 bits per heavy atom. The van der Waals surface area contributed by atoms with Crippen LogP contribution in [0, 0.1) is 0 Å². The van der Waals surface area contributed by atoms with Crippen LogP contribution in [-0.2, 0) is 9.47 Å². The topological polar surface area (TPSA) is 18.5 Å². The molecule has 0 unspecified atom stereocenters. The van der Waals surface area contributed by atoms with Gasteiger partial charge in [-0.1, -0.05) is 64.7 Å². The van der Waals surface area contributed by atoms with Crippen LogP contribution < -0.4 is 0 Å². The lowest BCUT2D eigenvalue weighted by atomic mass is 10.1. The predicted molar refractivity (Wildman–Crippen MR) is 81.4 cm³/mol. The van der Waals surface area contributed by atoms with E-state index in [4.69, 9.17) is 9.47 Å². The molecule has 2 heteroatoms. The summed E-state index contributed by atoms with van der Waals surface area (Å²) in [6, 6.07) is 0. The summed E-state index contributed by atoms with van der Waals surface area (Å²) >= 11 is 0. The Labute approximate surface area is 120 Å². The van der Waals surface area contributed by atoms with Crippen LogP contribution in [0.5, 0.6) is 0 Å². The van der Waals surface area contributed by atoms with E-state index >= 15 is 0 Å². The summed E-state index contributed by atoms with van der Waals surface area (Å²) in [6.07, 6.45) is 17.4. The monoisotopic (exact) mass is 270 g/mol. The minimum Gasteiger partial charge on any atom is -0.353 e. The first-order valence-corrected chi connectivity index (χ1v) is 8.66. The average Bonchev–Trinajstić information content (AvgIpc) is 2.69. The van der Waals surface area contributed by atoms with E-state index in [1.165, 1.54) is 64.2 Å². The third-order valence-corrected chi connectivity index (χ3v) is 3.94. The highest BCUT2D eigenvalue weighted by Crippen LogP contribution is 2.15. The molecule has 0 radical (unpaired) electrons. The predicted octanol–water partition coefficient (Wildman–Crippen LogP) is 5.45. The number of rotatable bonds is 11. The van der Waals surface area contributed by atoms with Crippen LogP contribution in [-0.4, -0.2) is 19.5 Å². The van der Waals surface area contributed by atoms with Crippen molar-refractivity contribution in [2.75, 3.05) is 13.2 Å². The minimum atomic E-state index is 0.0940. The lowest BCUT2D eigenvalue weighted by molar-refractivity contribution is -0.130. The summed E-state index contributed by atoms with van der Waals surface area (Å²) in [7, 11) is 0. The molecule has 1 heterocycles. The molecule has 1 fully saturated rings. The fraction of sp³-hybridized carbons (Fsp3) is 1.00. The Bertz CT molecular complexity index is 174. The molecule has 0 aromatic rings. The molecule has 0 amide bonds. The molecule has 0 bridgehead atoms. The normalized spacial score (nSPS) is 17.5. The number of hydrogen-bond donors (Lipinski definition) is 0. The number of ether oxygens (including phenoxy) is 2. The van der Waals surface area contributed by atoms with Crippen LogP contribution in [0.1, 0.15) is 90.4 Å². The van der Waals surface area contributed by atoms with Gasteiger partial charge in [0.25, 0.3) is 0 Å². The maximum Gasteiger partial charge on any atom is 0.157 e. The number of unbranched alkanes of at least 4 members (excludes halogenated alkanes) is 9. The summed E-state index contributed by atoms with van der Waals surface area (Å²) in [6.45, 7) is 4.06. The van der Waals surface area contributed by atoms with Gasteiger partial charge in [-0.25, -0.2) is 0 Å². The first-order chi connectivity index (χ1) is 9.43. The number of hydrogen-bond acceptors (Lipinski definition) is 2. The van der Waals surface area contributed by atoms with Crippen molar-refractivity contribution in [3.05, 3.63) is 0 Å². The van der Waals surface area contributed by atoms with Crippen LogP contribution in [0.25, 0.3) is 0 Å². The zero-order valence-corrected chi connectivity index (χ0v) is 13.0. The highest BCUT2D eigenvalue weighted by Gasteiger charge is 2.11. The summed E-state index contributed by atoms with van der Waals surface area (Å²) in [5, 5.41) is 0. The zero-order chi connectivity index (χ0) is 13.6. The van der Waals surface area contributed by atoms with Gasteiger partial charge < -0.3 is 9.47 Å². The summed E-state index contributed by atoms with van der Waals surface area (Å²) in [4.78, 5) is 0. The van der Waals surface area contributed by atoms with Gasteiger partial charge in [0.15, 0.2) is 6.29 Å². The molecule has 0 N–H and O–H groups in total. The molecule has 0 aliphatic carbocycles. The smallest absolute Gasteiger partial charge is 0.157 e. The largest absolute Gasteiger partial charge is 0.353 e. The Morgan fingerprint density at radius 1 is 0.684 bits per heavy atom. The van der Waals surface area contributed by atoms with E-state index in [0.29, 0.717) is 0 Å². The molecule has 0 aromatic heterocycles. The van der Waals surface area contributed by atoms with Crippen molar-refractivity contribution in [2.24, 2.45) is 0 Å². The third-order valence-electron chi connectivity index (χ3n) is 3.94. The molecule has 2 nitrogen and oxygen atoms in total. The second kappa shape index (κ2) is 12.9. The standard InChI is InChI=1S/C17H34O2/c1-2-3-4-5-6-7-8-9-10-11-14-17-18-15-12-13-16-19-17/h17H,2-16H2,1H3. The Hall–Kier alpha value is -0.0800. The van der Waals surface area contributed by atoms with E-state index in [9.17, 15) is 0 Å². The Morgan fingerprint density at radius 3 is 1.68 bits per heavy atom. The lowest BCUT2D eigenvalue weighted by Crippen LogP contribution is -2.15. The summed E-state index contributed by atoms with van der Waals surface area (Å²) < 4.78 is 11.3. The van der Waals surface area contributed by atoms with Gasteiger partial charge >= 0.3 is 0 Å². The SMILES string of the molecule is CCCCCCCCCCCCC1OCCCCO1. The highest BCUT2D eigenvalue weighted by molar-refractivity contribution is 4.53. The van der Waals surface area contributed by atoms with Gasteiger partial charge in [-0.15, -0.1) is 0 Å². The van der Waals surface area contributed by atoms with E-state index in [0.717, 1.165) is 32.5 Å². The fourth-order valence-electron chi connectivity index (χ4n) is 2.65. The first kappa shape index (κ1) is 17.0. The van der Waals surface area contributed by atoms with E-state index in [1.54, 1.807) is 0 Å². The third kappa shape index (κ3) is 10.4. The molecule has 114 valence electrons. The molecular weight excluding hydrogens is 236 g/mol. The van der Waals surface area contributed by atoms with Crippen LogP contribution in [0.4, 0.5) is 0 Å².